The van der Waals surface area contributed by atoms with Crippen molar-refractivity contribution < 1.29 is 4.79 Å². The summed E-state index contributed by atoms with van der Waals surface area (Å²) in [5, 5.41) is 9.87. The number of nitrogen functional groups attached to an aromatic ring is 1. The van der Waals surface area contributed by atoms with Gasteiger partial charge in [0.25, 0.3) is 11.5 Å². The lowest BCUT2D eigenvalue weighted by Gasteiger charge is -2.26. The summed E-state index contributed by atoms with van der Waals surface area (Å²) in [7, 11) is 0. The van der Waals surface area contributed by atoms with E-state index in [1.54, 1.807) is 6.08 Å². The van der Waals surface area contributed by atoms with Crippen LogP contribution in [0.3, 0.4) is 0 Å². The highest BCUT2D eigenvalue weighted by Gasteiger charge is 2.28. The highest BCUT2D eigenvalue weighted by atomic mass is 16.2. The van der Waals surface area contributed by atoms with Crippen molar-refractivity contribution in [2.75, 3.05) is 17.2 Å². The Balaban J connectivity index is 2.67. The summed E-state index contributed by atoms with van der Waals surface area (Å²) in [5.41, 5.74) is 7.42. The highest BCUT2D eigenvalue weighted by molar-refractivity contribution is 6.12. The van der Waals surface area contributed by atoms with Gasteiger partial charge in [0, 0.05) is 31.0 Å². The van der Waals surface area contributed by atoms with Crippen molar-refractivity contribution in [2.24, 2.45) is 11.8 Å². The van der Waals surface area contributed by atoms with Crippen LogP contribution in [0.25, 0.3) is 6.08 Å². The molecule has 2 aromatic rings. The van der Waals surface area contributed by atoms with Gasteiger partial charge in [-0.05, 0) is 49.8 Å². The summed E-state index contributed by atoms with van der Waals surface area (Å²) < 4.78 is 3.40. The quantitative estimate of drug-likeness (QED) is 0.431. The molecule has 0 saturated carbocycles. The maximum Gasteiger partial charge on any atom is 0.330 e. The number of nitrogens with two attached hydrogens (primary N) is 1. The molecule has 1 amide bonds. The first-order chi connectivity index (χ1) is 15.9. The molecule has 0 saturated heterocycles. The van der Waals surface area contributed by atoms with Crippen molar-refractivity contribution in [3.05, 3.63) is 49.4 Å². The van der Waals surface area contributed by atoms with Crippen LogP contribution in [-0.4, -0.2) is 26.6 Å². The summed E-state index contributed by atoms with van der Waals surface area (Å²) in [6, 6.07) is 3.93. The molecule has 9 heteroatoms. The fourth-order valence-corrected chi connectivity index (χ4v) is 4.01. The van der Waals surface area contributed by atoms with E-state index in [1.807, 2.05) is 53.7 Å². The second-order valence-corrected chi connectivity index (χ2v) is 9.46. The number of carbonyl (C=O) groups is 1. The minimum absolute atomic E-state index is 0.0252. The Morgan fingerprint density at radius 3 is 2.38 bits per heavy atom. The van der Waals surface area contributed by atoms with Gasteiger partial charge < -0.3 is 10.3 Å². The number of carbonyl (C=O) groups excluding carboxylic acids is 1. The minimum atomic E-state index is -0.755. The van der Waals surface area contributed by atoms with Crippen molar-refractivity contribution in [2.45, 2.75) is 68.0 Å². The molecule has 34 heavy (non-hydrogen) atoms. The average Bonchev–Trinajstić information content (AvgIpc) is 3.00. The molecule has 184 valence electrons. The molecule has 0 radical (unpaired) electrons. The number of nitriles is 1. The van der Waals surface area contributed by atoms with E-state index in [4.69, 9.17) is 5.73 Å². The number of hydrogen-bond acceptors (Lipinski definition) is 5. The van der Waals surface area contributed by atoms with Crippen LogP contribution < -0.4 is 21.9 Å². The zero-order valence-corrected chi connectivity index (χ0v) is 21.2. The van der Waals surface area contributed by atoms with Gasteiger partial charge in [0.05, 0.1) is 0 Å². The number of amides is 1. The molecule has 0 aliphatic heterocycles. The van der Waals surface area contributed by atoms with Gasteiger partial charge in [-0.25, -0.2) is 4.79 Å². The van der Waals surface area contributed by atoms with E-state index in [0.29, 0.717) is 0 Å². The minimum Gasteiger partial charge on any atom is -0.383 e. The topological polar surface area (TPSA) is 130 Å². The van der Waals surface area contributed by atoms with Crippen molar-refractivity contribution in [3.8, 4) is 6.07 Å². The molecule has 0 atom stereocenters. The van der Waals surface area contributed by atoms with E-state index in [9.17, 15) is 19.6 Å². The number of nitrogens with one attached hydrogen (secondary N) is 1. The summed E-state index contributed by atoms with van der Waals surface area (Å²) in [4.78, 5) is 42.3. The van der Waals surface area contributed by atoms with Gasteiger partial charge in [-0.1, -0.05) is 34.6 Å². The normalized spacial score (nSPS) is 11.8. The number of aryl methyl sites for hydroxylation is 1. The molecule has 0 unspecified atom stereocenters. The van der Waals surface area contributed by atoms with E-state index < -0.39 is 17.2 Å². The van der Waals surface area contributed by atoms with Crippen LogP contribution >= 0.6 is 0 Å². The molecule has 3 N–H and O–H groups in total. The smallest absolute Gasteiger partial charge is 0.330 e. The summed E-state index contributed by atoms with van der Waals surface area (Å²) >= 11 is 0. The molecule has 0 fully saturated rings. The van der Waals surface area contributed by atoms with E-state index in [2.05, 4.69) is 16.5 Å². The van der Waals surface area contributed by atoms with E-state index >= 15 is 0 Å². The van der Waals surface area contributed by atoms with Crippen LogP contribution in [0.15, 0.2) is 21.2 Å². The van der Waals surface area contributed by atoms with Gasteiger partial charge in [0.2, 0.25) is 0 Å². The molecular formula is C25H36N6O3. The number of hydrogen-bond donors (Lipinski definition) is 2. The number of rotatable bonds is 9. The number of nitrogens with zero attached hydrogens (tertiary/aromatic N) is 4. The third kappa shape index (κ3) is 5.68. The molecule has 0 aliphatic rings. The van der Waals surface area contributed by atoms with Gasteiger partial charge in [0.15, 0.2) is 5.69 Å². The maximum atomic E-state index is 13.6. The van der Waals surface area contributed by atoms with Crippen molar-refractivity contribution >= 4 is 23.5 Å². The third-order valence-corrected chi connectivity index (χ3v) is 5.54. The van der Waals surface area contributed by atoms with Gasteiger partial charge in [-0.3, -0.25) is 24.0 Å². The Kier molecular flexibility index (Phi) is 8.68. The van der Waals surface area contributed by atoms with E-state index in [1.165, 1.54) is 9.47 Å². The van der Waals surface area contributed by atoms with Gasteiger partial charge >= 0.3 is 5.69 Å². The van der Waals surface area contributed by atoms with E-state index in [-0.39, 0.29) is 42.0 Å². The van der Waals surface area contributed by atoms with Crippen LogP contribution in [0, 0.1) is 37.0 Å². The summed E-state index contributed by atoms with van der Waals surface area (Å²) in [6.45, 7) is 14.9. The molecule has 0 bridgehead atoms. The van der Waals surface area contributed by atoms with Gasteiger partial charge in [-0.2, -0.15) is 5.26 Å². The summed E-state index contributed by atoms with van der Waals surface area (Å²) in [6.07, 6.45) is 2.51. The Bertz CT molecular complexity index is 1240. The van der Waals surface area contributed by atoms with E-state index in [0.717, 1.165) is 29.9 Å². The standard InChI is InChI=1S/C25H36N6O3/c1-8-9-29-17(6)10-19(18(29)7)11-20(12-26)24(33)30(13-15(2)3)21-22(27)31(14-16(4)5)25(34)28-23(21)32/h10-11,15-16H,8-9,13-14,27H2,1-7H3,(H,28,32,34)/b20-11+. The number of anilines is 2. The highest BCUT2D eigenvalue weighted by Crippen LogP contribution is 2.24. The second kappa shape index (κ2) is 11.1. The first-order valence-corrected chi connectivity index (χ1v) is 11.7. The monoisotopic (exact) mass is 468 g/mol. The molecule has 2 heterocycles. The molecule has 2 rings (SSSR count). The maximum absolute atomic E-state index is 13.6. The number of H-pyrrole nitrogens is 1. The first-order valence-electron chi connectivity index (χ1n) is 11.7. The Labute approximate surface area is 200 Å². The number of aromatic amines is 1. The lowest BCUT2D eigenvalue weighted by molar-refractivity contribution is -0.114. The van der Waals surface area contributed by atoms with Gasteiger partial charge in [-0.15, -0.1) is 0 Å². The average molecular weight is 469 g/mol. The molecule has 0 aliphatic carbocycles. The lowest BCUT2D eigenvalue weighted by Crippen LogP contribution is -2.43. The second-order valence-electron chi connectivity index (χ2n) is 9.46. The molecule has 9 nitrogen and oxygen atoms in total. The zero-order valence-electron chi connectivity index (χ0n) is 21.2. The fourth-order valence-electron chi connectivity index (χ4n) is 4.01. The predicted octanol–water partition coefficient (Wildman–Crippen LogP) is 3.20. The Morgan fingerprint density at radius 2 is 1.85 bits per heavy atom. The van der Waals surface area contributed by atoms with Crippen LogP contribution in [0.1, 0.15) is 58.0 Å². The SMILES string of the molecule is CCCn1c(C)cc(/C=C(\C#N)C(=O)N(CC(C)C)c2c(N)n(CC(C)C)c(=O)[nH]c2=O)c1C. The Morgan fingerprint density at radius 1 is 1.21 bits per heavy atom. The lowest BCUT2D eigenvalue weighted by atomic mass is 10.1. The number of aromatic nitrogens is 3. The van der Waals surface area contributed by atoms with Crippen LogP contribution in [-0.2, 0) is 17.9 Å². The van der Waals surface area contributed by atoms with Crippen LogP contribution in [0.4, 0.5) is 11.5 Å². The summed E-state index contributed by atoms with van der Waals surface area (Å²) in [5.74, 6) is -0.665. The molecular weight excluding hydrogens is 432 g/mol. The molecule has 2 aromatic heterocycles. The zero-order chi connectivity index (χ0) is 25.7. The molecule has 0 aromatic carbocycles. The first kappa shape index (κ1) is 26.7. The van der Waals surface area contributed by atoms with Crippen molar-refractivity contribution in [3.63, 3.8) is 0 Å². The predicted molar refractivity (Wildman–Crippen MR) is 136 cm³/mol. The van der Waals surface area contributed by atoms with Crippen LogP contribution in [0.5, 0.6) is 0 Å². The molecule has 0 spiro atoms. The van der Waals surface area contributed by atoms with Gasteiger partial charge in [0.1, 0.15) is 17.5 Å². The largest absolute Gasteiger partial charge is 0.383 e. The fraction of sp³-hybridized carbons (Fsp3) is 0.520. The van der Waals surface area contributed by atoms with Crippen molar-refractivity contribution in [1.82, 2.24) is 14.1 Å². The third-order valence-electron chi connectivity index (χ3n) is 5.54. The van der Waals surface area contributed by atoms with Crippen molar-refractivity contribution in [1.29, 1.82) is 5.26 Å². The Hall–Kier alpha value is -3.54. The van der Waals surface area contributed by atoms with Crippen LogP contribution in [0.2, 0.25) is 0 Å².